The van der Waals surface area contributed by atoms with Gasteiger partial charge in [0.1, 0.15) is 48.1 Å². The third kappa shape index (κ3) is 23.6. The number of hydrogen-bond acceptors (Lipinski definition) is 9. The Morgan fingerprint density at radius 1 is 0.427 bits per heavy atom. The molecule has 5 N–H and O–H groups in total. The Kier molecular flexibility index (Phi) is 29.6. The van der Waals surface area contributed by atoms with Gasteiger partial charge in [0, 0.05) is 100 Å². The topological polar surface area (TPSA) is 124 Å². The number of phenolic OH excluding ortho intramolecular Hbond substituents is 2. The van der Waals surface area contributed by atoms with Crippen molar-refractivity contribution in [3.05, 3.63) is 205 Å². The third-order valence-electron chi connectivity index (χ3n) is 14.5. The maximum absolute atomic E-state index is 14.0. The zero-order chi connectivity index (χ0) is 64.2. The molecule has 4 heterocycles. The standard InChI is InChI=1S/C18H19F2NO.C14H18F2N2O.C13H9BrF2O.C11H13F2NO.C6H3BrF2O.C5H11N/c19-15-11-16(20)18(22-13-14-7-3-1-4-8-14)12-17(15)21-9-5-2-6-10-21;15-11-9-12(16)13(18-6-2-1-3-7-18)8-10(11)4-5-14(17)19;14-10-6-13(12(16)7-11(10)15)17-8-9-4-2-1-3-5-9;12-8-6-9(13)11(15)7-10(8)14-4-2-1-3-5-14;7-3-1-6(10)5(9)2-4(3)8;1-2-4-6-5-3-1/h1,3-4,7-8,11-12H,2,5-6,9-10,13H2;8-9H,1-7H2,(H2,17,19);1-7H,8H2;6-7,15H,1-5H2;1-2,10H;6H,1-5H2. The van der Waals surface area contributed by atoms with Gasteiger partial charge in [0.25, 0.3) is 0 Å². The molecule has 0 unspecified atom stereocenters. The zero-order valence-electron chi connectivity index (χ0n) is 49.1. The second-order valence-corrected chi connectivity index (χ2v) is 23.0. The number of amides is 1. The van der Waals surface area contributed by atoms with Gasteiger partial charge in [-0.25, -0.2) is 43.9 Å². The summed E-state index contributed by atoms with van der Waals surface area (Å²) < 4.78 is 144. The van der Waals surface area contributed by atoms with Crippen molar-refractivity contribution in [2.45, 2.75) is 103 Å². The minimum Gasteiger partial charge on any atom is -0.505 e. The van der Waals surface area contributed by atoms with Crippen molar-refractivity contribution in [1.29, 1.82) is 0 Å². The van der Waals surface area contributed by atoms with E-state index in [1.165, 1.54) is 50.6 Å². The van der Waals surface area contributed by atoms with Gasteiger partial charge in [-0.05, 0) is 145 Å². The second kappa shape index (κ2) is 37.1. The summed E-state index contributed by atoms with van der Waals surface area (Å²) in [4.78, 5) is 16.5. The maximum atomic E-state index is 14.0. The van der Waals surface area contributed by atoms with E-state index in [4.69, 9.17) is 20.3 Å². The number of aryl methyl sites for hydroxylation is 1. The van der Waals surface area contributed by atoms with Crippen LogP contribution in [-0.4, -0.2) is 68.5 Å². The molecule has 0 atom stereocenters. The van der Waals surface area contributed by atoms with Gasteiger partial charge in [0.15, 0.2) is 46.3 Å². The van der Waals surface area contributed by atoms with Crippen LogP contribution in [0.1, 0.15) is 100 Å². The Morgan fingerprint density at radius 3 is 1.20 bits per heavy atom. The summed E-state index contributed by atoms with van der Waals surface area (Å²) in [6.07, 6.45) is 14.1. The molecule has 22 heteroatoms. The summed E-state index contributed by atoms with van der Waals surface area (Å²) >= 11 is 5.76. The normalized spacial score (nSPS) is 14.5. The van der Waals surface area contributed by atoms with Crippen LogP contribution in [0.15, 0.2) is 130 Å². The van der Waals surface area contributed by atoms with E-state index in [-0.39, 0.29) is 46.5 Å². The highest BCUT2D eigenvalue weighted by Crippen LogP contribution is 2.33. The minimum absolute atomic E-state index is 0.0297. The molecule has 0 saturated carbocycles. The highest BCUT2D eigenvalue weighted by atomic mass is 79.9. The molecule has 4 fully saturated rings. The van der Waals surface area contributed by atoms with Gasteiger partial charge in [-0.2, -0.15) is 0 Å². The van der Waals surface area contributed by atoms with E-state index < -0.39 is 75.6 Å². The second-order valence-electron chi connectivity index (χ2n) is 21.3. The van der Waals surface area contributed by atoms with E-state index in [0.717, 1.165) is 145 Å². The summed E-state index contributed by atoms with van der Waals surface area (Å²) in [6.45, 7) is 7.74. The molecule has 0 aromatic heterocycles. The number of benzene rings is 7. The van der Waals surface area contributed by atoms with E-state index in [9.17, 15) is 53.8 Å². The Morgan fingerprint density at radius 2 is 0.787 bits per heavy atom. The Bertz CT molecular complexity index is 3260. The van der Waals surface area contributed by atoms with Crippen LogP contribution in [0.3, 0.4) is 0 Å². The summed E-state index contributed by atoms with van der Waals surface area (Å²) in [5, 5.41) is 21.1. The Labute approximate surface area is 529 Å². The number of carbonyl (C=O) groups excluding carboxylic acids is 1. The predicted molar refractivity (Wildman–Crippen MR) is 334 cm³/mol. The van der Waals surface area contributed by atoms with Crippen molar-refractivity contribution in [3.8, 4) is 23.0 Å². The molecule has 7 aromatic rings. The third-order valence-corrected chi connectivity index (χ3v) is 15.7. The number of phenols is 2. The van der Waals surface area contributed by atoms with E-state index in [0.29, 0.717) is 28.7 Å². The Hall–Kier alpha value is -7.17. The number of nitrogens with zero attached hydrogens (tertiary/aromatic N) is 3. The van der Waals surface area contributed by atoms with Crippen LogP contribution in [0.25, 0.3) is 0 Å². The molecule has 0 bridgehead atoms. The highest BCUT2D eigenvalue weighted by molar-refractivity contribution is 9.10. The maximum Gasteiger partial charge on any atom is 0.217 e. The van der Waals surface area contributed by atoms with Gasteiger partial charge in [-0.1, -0.05) is 67.1 Å². The van der Waals surface area contributed by atoms with Crippen molar-refractivity contribution < 1.29 is 68.4 Å². The fourth-order valence-electron chi connectivity index (χ4n) is 9.72. The van der Waals surface area contributed by atoms with Crippen LogP contribution >= 0.6 is 31.9 Å². The number of halogens is 12. The molecular weight excluding hydrogens is 1300 g/mol. The molecule has 4 aliphatic heterocycles. The number of aromatic hydroxyl groups is 2. The van der Waals surface area contributed by atoms with Crippen molar-refractivity contribution in [3.63, 3.8) is 0 Å². The fourth-order valence-corrected chi connectivity index (χ4v) is 10.4. The number of anilines is 3. The predicted octanol–water partition coefficient (Wildman–Crippen LogP) is 17.1. The number of rotatable bonds is 12. The number of ether oxygens (including phenoxy) is 2. The van der Waals surface area contributed by atoms with Crippen LogP contribution < -0.4 is 35.2 Å². The number of carbonyl (C=O) groups is 1. The first kappa shape index (κ1) is 70.9. The van der Waals surface area contributed by atoms with E-state index in [2.05, 4.69) is 37.2 Å². The van der Waals surface area contributed by atoms with Crippen LogP contribution in [0.4, 0.5) is 61.0 Å². The molecule has 10 nitrogen and oxygen atoms in total. The largest absolute Gasteiger partial charge is 0.505 e. The Balaban J connectivity index is 0.000000176. The molecule has 0 spiro atoms. The molecular formula is C67H73Br2F10N5O5. The molecule has 480 valence electrons. The quantitative estimate of drug-likeness (QED) is 0.0699. The SMILES string of the molecule is C1CCNCC1.Fc1cc(F)c(N2CCCCC2)cc1OCc1ccccc1.Fc1cc(F)c(OCc2ccccc2)cc1Br.NC(=O)CCc1cc(N2CCCCC2)c(F)cc1F.Oc1cc(Br)c(F)cc1F.Oc1cc(N2CCCCC2)c(F)cc1F. The van der Waals surface area contributed by atoms with Gasteiger partial charge in [0.05, 0.1) is 26.0 Å². The van der Waals surface area contributed by atoms with Crippen molar-refractivity contribution >= 4 is 54.8 Å². The van der Waals surface area contributed by atoms with Gasteiger partial charge in [0.2, 0.25) is 5.91 Å². The van der Waals surface area contributed by atoms with Gasteiger partial charge >= 0.3 is 0 Å². The van der Waals surface area contributed by atoms with Crippen molar-refractivity contribution in [2.24, 2.45) is 5.73 Å². The van der Waals surface area contributed by atoms with E-state index in [1.807, 2.05) is 75.4 Å². The number of hydrogen-bond donors (Lipinski definition) is 4. The van der Waals surface area contributed by atoms with Crippen LogP contribution in [0.2, 0.25) is 0 Å². The fraction of sp³-hybridized carbons (Fsp3) is 0.358. The average molecular weight is 1380 g/mol. The molecule has 89 heavy (non-hydrogen) atoms. The first-order valence-electron chi connectivity index (χ1n) is 29.5. The number of primary amides is 1. The van der Waals surface area contributed by atoms with Crippen LogP contribution in [0, 0.1) is 58.2 Å². The number of nitrogens with two attached hydrogens (primary N) is 1. The van der Waals surface area contributed by atoms with Gasteiger partial charge in [-0.15, -0.1) is 0 Å². The molecule has 4 saturated heterocycles. The lowest BCUT2D eigenvalue weighted by molar-refractivity contribution is -0.118. The summed E-state index contributed by atoms with van der Waals surface area (Å²) in [6, 6.07) is 29.3. The summed E-state index contributed by atoms with van der Waals surface area (Å²) in [7, 11) is 0. The smallest absolute Gasteiger partial charge is 0.217 e. The highest BCUT2D eigenvalue weighted by Gasteiger charge is 2.21. The molecule has 4 aliphatic rings. The molecule has 7 aromatic carbocycles. The first-order valence-corrected chi connectivity index (χ1v) is 31.1. The van der Waals surface area contributed by atoms with E-state index >= 15 is 0 Å². The summed E-state index contributed by atoms with van der Waals surface area (Å²) in [5.74, 6) is -8.28. The van der Waals surface area contributed by atoms with Crippen LogP contribution in [-0.2, 0) is 24.4 Å². The monoisotopic (exact) mass is 1380 g/mol. The lowest BCUT2D eigenvalue weighted by atomic mass is 10.0. The zero-order valence-corrected chi connectivity index (χ0v) is 52.3. The number of piperidine rings is 4. The molecule has 11 rings (SSSR count). The molecule has 1 amide bonds. The lowest BCUT2D eigenvalue weighted by Crippen LogP contribution is -2.30. The molecule has 0 aliphatic carbocycles. The van der Waals surface area contributed by atoms with Gasteiger partial charge in [-0.3, -0.25) is 4.79 Å². The van der Waals surface area contributed by atoms with Gasteiger partial charge < -0.3 is 45.4 Å². The minimum atomic E-state index is -0.958. The van der Waals surface area contributed by atoms with Crippen molar-refractivity contribution in [1.82, 2.24) is 5.32 Å². The average Bonchev–Trinajstić information content (AvgIpc) is 3.46. The van der Waals surface area contributed by atoms with E-state index in [1.54, 1.807) is 0 Å². The number of nitrogens with one attached hydrogen (secondary N) is 1. The van der Waals surface area contributed by atoms with Crippen LogP contribution in [0.5, 0.6) is 23.0 Å². The summed E-state index contributed by atoms with van der Waals surface area (Å²) in [5.41, 5.74) is 8.44. The van der Waals surface area contributed by atoms with Crippen molar-refractivity contribution in [2.75, 3.05) is 67.1 Å². The molecule has 0 radical (unpaired) electrons. The first-order chi connectivity index (χ1) is 42.8. The lowest BCUT2D eigenvalue weighted by Gasteiger charge is -2.29.